The number of hydrogen-bond acceptors (Lipinski definition) is 6. The van der Waals surface area contributed by atoms with Crippen LogP contribution in [0.3, 0.4) is 0 Å². The Labute approximate surface area is 253 Å². The molecule has 1 N–H and O–H groups in total. The maximum absolute atomic E-state index is 14.1. The third-order valence-electron chi connectivity index (χ3n) is 7.43. The first kappa shape index (κ1) is 31.4. The molecule has 0 spiro atoms. The molecule has 1 atom stereocenters. The van der Waals surface area contributed by atoms with Crippen LogP contribution in [0.25, 0.3) is 0 Å². The quantitative estimate of drug-likeness (QED) is 0.258. The van der Waals surface area contributed by atoms with Gasteiger partial charge in [-0.1, -0.05) is 43.2 Å². The van der Waals surface area contributed by atoms with Gasteiger partial charge in [-0.3, -0.25) is 13.9 Å². The molecule has 1 aliphatic carbocycles. The van der Waals surface area contributed by atoms with Crippen molar-refractivity contribution in [1.82, 2.24) is 10.2 Å². The van der Waals surface area contributed by atoms with E-state index in [4.69, 9.17) is 4.74 Å². The van der Waals surface area contributed by atoms with Crippen molar-refractivity contribution >= 4 is 39.3 Å². The predicted molar refractivity (Wildman–Crippen MR) is 167 cm³/mol. The van der Waals surface area contributed by atoms with Crippen LogP contribution in [0.4, 0.5) is 5.69 Å². The van der Waals surface area contributed by atoms with E-state index >= 15 is 0 Å². The summed E-state index contributed by atoms with van der Waals surface area (Å²) >= 11 is 1.51. The van der Waals surface area contributed by atoms with Gasteiger partial charge in [-0.15, -0.1) is 11.8 Å². The zero-order valence-electron chi connectivity index (χ0n) is 24.4. The Morgan fingerprint density at radius 1 is 0.976 bits per heavy atom. The van der Waals surface area contributed by atoms with Crippen LogP contribution in [0.5, 0.6) is 5.75 Å². The minimum atomic E-state index is -4.14. The van der Waals surface area contributed by atoms with Crippen LogP contribution >= 0.6 is 11.8 Å². The molecule has 0 radical (unpaired) electrons. The summed E-state index contributed by atoms with van der Waals surface area (Å²) in [6.45, 7) is 3.72. The second kappa shape index (κ2) is 14.6. The van der Waals surface area contributed by atoms with Crippen LogP contribution < -0.4 is 14.4 Å². The SMILES string of the molecule is CCOc1ccc(N(CC(=O)N(Cc2ccccc2)[C@H](C)C(=O)NC2CCCC2)S(=O)(=O)c2ccc(SC)cc2)cc1. The van der Waals surface area contributed by atoms with Crippen molar-refractivity contribution in [3.63, 3.8) is 0 Å². The van der Waals surface area contributed by atoms with Crippen molar-refractivity contribution in [2.75, 3.05) is 23.7 Å². The van der Waals surface area contributed by atoms with E-state index < -0.39 is 28.5 Å². The molecule has 3 aromatic carbocycles. The summed E-state index contributed by atoms with van der Waals surface area (Å²) in [7, 11) is -4.14. The van der Waals surface area contributed by atoms with Crippen molar-refractivity contribution in [1.29, 1.82) is 0 Å². The average Bonchev–Trinajstić information content (AvgIpc) is 3.52. The summed E-state index contributed by atoms with van der Waals surface area (Å²) in [6.07, 6.45) is 5.89. The van der Waals surface area contributed by atoms with Crippen molar-refractivity contribution in [3.05, 3.63) is 84.4 Å². The lowest BCUT2D eigenvalue weighted by Crippen LogP contribution is -2.52. The number of hydrogen-bond donors (Lipinski definition) is 1. The molecule has 0 saturated heterocycles. The van der Waals surface area contributed by atoms with Gasteiger partial charge in [-0.05, 0) is 87.0 Å². The Morgan fingerprint density at radius 3 is 2.21 bits per heavy atom. The lowest BCUT2D eigenvalue weighted by molar-refractivity contribution is -0.139. The van der Waals surface area contributed by atoms with Gasteiger partial charge >= 0.3 is 0 Å². The summed E-state index contributed by atoms with van der Waals surface area (Å²) in [5, 5.41) is 3.09. The van der Waals surface area contributed by atoms with Crippen LogP contribution in [0.15, 0.2) is 88.7 Å². The number of amides is 2. The first-order valence-corrected chi connectivity index (χ1v) is 16.9. The molecule has 1 saturated carbocycles. The van der Waals surface area contributed by atoms with E-state index in [0.29, 0.717) is 18.0 Å². The number of anilines is 1. The molecule has 0 aliphatic heterocycles. The zero-order valence-corrected chi connectivity index (χ0v) is 26.0. The van der Waals surface area contributed by atoms with E-state index in [1.807, 2.05) is 43.5 Å². The van der Waals surface area contributed by atoms with Gasteiger partial charge in [0.2, 0.25) is 11.8 Å². The molecule has 4 rings (SSSR count). The third-order valence-corrected chi connectivity index (χ3v) is 9.96. The minimum absolute atomic E-state index is 0.0728. The maximum Gasteiger partial charge on any atom is 0.264 e. The number of carbonyl (C=O) groups excluding carboxylic acids is 2. The fraction of sp³-hybridized carbons (Fsp3) is 0.375. The van der Waals surface area contributed by atoms with Gasteiger partial charge in [0.25, 0.3) is 10.0 Å². The van der Waals surface area contributed by atoms with Crippen molar-refractivity contribution < 1.29 is 22.7 Å². The Kier molecular flexibility index (Phi) is 10.9. The molecule has 1 fully saturated rings. The Morgan fingerprint density at radius 2 is 1.62 bits per heavy atom. The van der Waals surface area contributed by atoms with E-state index in [1.54, 1.807) is 55.5 Å². The first-order chi connectivity index (χ1) is 20.2. The highest BCUT2D eigenvalue weighted by molar-refractivity contribution is 7.98. The molecule has 0 bridgehead atoms. The van der Waals surface area contributed by atoms with Gasteiger partial charge in [0, 0.05) is 17.5 Å². The van der Waals surface area contributed by atoms with Crippen LogP contribution in [-0.4, -0.2) is 56.6 Å². The number of rotatable bonds is 13. The highest BCUT2D eigenvalue weighted by Crippen LogP contribution is 2.28. The Bertz CT molecular complexity index is 1430. The maximum atomic E-state index is 14.1. The van der Waals surface area contributed by atoms with Gasteiger partial charge in [0.15, 0.2) is 0 Å². The molecule has 2 amide bonds. The van der Waals surface area contributed by atoms with Gasteiger partial charge < -0.3 is 15.0 Å². The average molecular weight is 610 g/mol. The van der Waals surface area contributed by atoms with Crippen molar-refractivity contribution in [2.45, 2.75) is 68.0 Å². The van der Waals surface area contributed by atoms with Gasteiger partial charge in [-0.25, -0.2) is 8.42 Å². The summed E-state index contributed by atoms with van der Waals surface area (Å²) in [5.41, 5.74) is 1.16. The summed E-state index contributed by atoms with van der Waals surface area (Å²) < 4.78 is 34.7. The molecule has 3 aromatic rings. The summed E-state index contributed by atoms with van der Waals surface area (Å²) in [6, 6.07) is 21.9. The second-order valence-electron chi connectivity index (χ2n) is 10.3. The van der Waals surface area contributed by atoms with Gasteiger partial charge in [-0.2, -0.15) is 0 Å². The molecule has 224 valence electrons. The highest BCUT2D eigenvalue weighted by atomic mass is 32.2. The fourth-order valence-electron chi connectivity index (χ4n) is 5.03. The van der Waals surface area contributed by atoms with Gasteiger partial charge in [0.1, 0.15) is 18.3 Å². The standard InChI is InChI=1S/C32H39N3O5S2/c1-4-40-28-16-14-27(15-17-28)35(42(38,39)30-20-18-29(41-3)19-21-30)23-31(36)34(22-25-10-6-5-7-11-25)24(2)32(37)33-26-12-8-9-13-26/h5-7,10-11,14-21,24,26H,4,8-9,12-13,22-23H2,1-3H3,(H,33,37)/t24-/m1/s1. The summed E-state index contributed by atoms with van der Waals surface area (Å²) in [4.78, 5) is 29.9. The van der Waals surface area contributed by atoms with E-state index in [2.05, 4.69) is 5.32 Å². The number of ether oxygens (including phenoxy) is 1. The van der Waals surface area contributed by atoms with E-state index in [9.17, 15) is 18.0 Å². The largest absolute Gasteiger partial charge is 0.494 e. The minimum Gasteiger partial charge on any atom is -0.494 e. The van der Waals surface area contributed by atoms with Crippen LogP contribution in [0, 0.1) is 0 Å². The fourth-order valence-corrected chi connectivity index (χ4v) is 6.86. The van der Waals surface area contributed by atoms with Gasteiger partial charge in [0.05, 0.1) is 17.2 Å². The first-order valence-electron chi connectivity index (χ1n) is 14.3. The third kappa shape index (κ3) is 7.86. The second-order valence-corrected chi connectivity index (χ2v) is 13.0. The Hall–Kier alpha value is -3.50. The monoisotopic (exact) mass is 609 g/mol. The smallest absolute Gasteiger partial charge is 0.264 e. The topological polar surface area (TPSA) is 96.0 Å². The number of thioether (sulfide) groups is 1. The molecular weight excluding hydrogens is 571 g/mol. The molecule has 0 heterocycles. The molecule has 0 unspecified atom stereocenters. The lowest BCUT2D eigenvalue weighted by atomic mass is 10.1. The predicted octanol–water partition coefficient (Wildman–Crippen LogP) is 5.48. The molecule has 10 heteroatoms. The molecular formula is C32H39N3O5S2. The van der Waals surface area contributed by atoms with Crippen molar-refractivity contribution in [2.24, 2.45) is 0 Å². The lowest BCUT2D eigenvalue weighted by Gasteiger charge is -2.32. The van der Waals surface area contributed by atoms with E-state index in [-0.39, 0.29) is 23.4 Å². The molecule has 1 aliphatic rings. The Balaban J connectivity index is 1.67. The van der Waals surface area contributed by atoms with E-state index in [1.165, 1.54) is 16.7 Å². The highest BCUT2D eigenvalue weighted by Gasteiger charge is 2.33. The summed E-state index contributed by atoms with van der Waals surface area (Å²) in [5.74, 6) is -0.127. The molecule has 8 nitrogen and oxygen atoms in total. The van der Waals surface area contributed by atoms with Crippen molar-refractivity contribution in [3.8, 4) is 5.75 Å². The van der Waals surface area contributed by atoms with Crippen LogP contribution in [0.2, 0.25) is 0 Å². The normalized spacial score (nSPS) is 14.3. The van der Waals surface area contributed by atoms with E-state index in [0.717, 1.165) is 40.4 Å². The van der Waals surface area contributed by atoms with Crippen LogP contribution in [0.1, 0.15) is 45.1 Å². The zero-order chi connectivity index (χ0) is 30.1. The molecule has 0 aromatic heterocycles. The number of nitrogens with zero attached hydrogens (tertiary/aromatic N) is 2. The number of sulfonamides is 1. The number of benzene rings is 3. The number of nitrogens with one attached hydrogen (secondary N) is 1. The van der Waals surface area contributed by atoms with Crippen LogP contribution in [-0.2, 0) is 26.2 Å². The molecule has 42 heavy (non-hydrogen) atoms. The number of carbonyl (C=O) groups is 2.